The van der Waals surface area contributed by atoms with Crippen LogP contribution in [0.3, 0.4) is 0 Å². The first-order valence-electron chi connectivity index (χ1n) is 8.86. The van der Waals surface area contributed by atoms with Crippen molar-refractivity contribution < 1.29 is 26.7 Å². The van der Waals surface area contributed by atoms with Gasteiger partial charge in [0, 0.05) is 23.4 Å². The number of nitrogens with zero attached hydrogens (tertiary/aromatic N) is 4. The van der Waals surface area contributed by atoms with Gasteiger partial charge in [-0.15, -0.1) is 0 Å². The molecule has 0 unspecified atom stereocenters. The van der Waals surface area contributed by atoms with Gasteiger partial charge in [0.25, 0.3) is 5.91 Å². The second kappa shape index (κ2) is 6.85. The normalized spacial score (nSPS) is 14.2. The van der Waals surface area contributed by atoms with Crippen LogP contribution in [0.15, 0.2) is 24.4 Å². The van der Waals surface area contributed by atoms with Crippen molar-refractivity contribution in [3.8, 4) is 17.1 Å². The summed E-state index contributed by atoms with van der Waals surface area (Å²) in [7, 11) is 0. The first-order valence-corrected chi connectivity index (χ1v) is 8.86. The summed E-state index contributed by atoms with van der Waals surface area (Å²) in [6.45, 7) is 1.48. The minimum Gasteiger partial charge on any atom is -0.365 e. The van der Waals surface area contributed by atoms with Crippen molar-refractivity contribution in [2.75, 3.05) is 0 Å². The fourth-order valence-electron chi connectivity index (χ4n) is 3.13. The topological polar surface area (TPSA) is 86.7 Å². The number of nitrogens with two attached hydrogens (primary N) is 1. The molecule has 30 heavy (non-hydrogen) atoms. The summed E-state index contributed by atoms with van der Waals surface area (Å²) < 4.78 is 69.6. The van der Waals surface area contributed by atoms with Gasteiger partial charge in [0.2, 0.25) is 0 Å². The van der Waals surface area contributed by atoms with E-state index in [0.29, 0.717) is 17.5 Å². The van der Waals surface area contributed by atoms with Crippen molar-refractivity contribution in [2.24, 2.45) is 5.73 Å². The molecule has 0 atom stereocenters. The maximum Gasteiger partial charge on any atom is 0.435 e. The number of carbonyl (C=O) groups excluding carboxylic acids is 1. The van der Waals surface area contributed by atoms with Crippen molar-refractivity contribution in [3.05, 3.63) is 58.7 Å². The zero-order valence-corrected chi connectivity index (χ0v) is 15.5. The van der Waals surface area contributed by atoms with Crippen LogP contribution in [0.4, 0.5) is 22.0 Å². The fraction of sp³-hybridized carbons (Fsp3) is 0.263. The highest BCUT2D eigenvalue weighted by molar-refractivity contribution is 5.93. The Bertz CT molecular complexity index is 1140. The predicted octanol–water partition coefficient (Wildman–Crippen LogP) is 3.91. The van der Waals surface area contributed by atoms with Gasteiger partial charge in [0.15, 0.2) is 23.2 Å². The number of amides is 1. The Morgan fingerprint density at radius 3 is 2.30 bits per heavy atom. The number of benzene rings is 1. The highest BCUT2D eigenvalue weighted by Crippen LogP contribution is 2.43. The third-order valence-corrected chi connectivity index (χ3v) is 4.75. The number of hydrogen-bond acceptors (Lipinski definition) is 4. The lowest BCUT2D eigenvalue weighted by atomic mass is 10.1. The average molecular weight is 423 g/mol. The number of carbonyl (C=O) groups is 1. The van der Waals surface area contributed by atoms with E-state index in [2.05, 4.69) is 15.1 Å². The minimum absolute atomic E-state index is 0.0518. The van der Waals surface area contributed by atoms with Crippen LogP contribution in [-0.4, -0.2) is 25.7 Å². The monoisotopic (exact) mass is 423 g/mol. The lowest BCUT2D eigenvalue weighted by Gasteiger charge is -2.11. The van der Waals surface area contributed by atoms with Crippen LogP contribution < -0.4 is 5.73 Å². The van der Waals surface area contributed by atoms with Gasteiger partial charge in [0.1, 0.15) is 5.69 Å². The molecule has 156 valence electrons. The quantitative estimate of drug-likeness (QED) is 0.645. The minimum atomic E-state index is -4.74. The molecule has 1 saturated carbocycles. The molecule has 1 aromatic carbocycles. The van der Waals surface area contributed by atoms with Crippen LogP contribution >= 0.6 is 0 Å². The fourth-order valence-corrected chi connectivity index (χ4v) is 3.13. The Hall–Kier alpha value is -3.37. The Kier molecular flexibility index (Phi) is 4.55. The SMILES string of the molecule is Cc1nc(-c2cc(F)c(-n3nc(C(F)(F)F)cc3C3CC3)c(F)c2)ncc1C(N)=O. The van der Waals surface area contributed by atoms with E-state index in [4.69, 9.17) is 5.73 Å². The molecule has 0 aliphatic heterocycles. The summed E-state index contributed by atoms with van der Waals surface area (Å²) >= 11 is 0. The number of primary amides is 1. The average Bonchev–Trinajstić information content (AvgIpc) is 3.39. The summed E-state index contributed by atoms with van der Waals surface area (Å²) in [6, 6.07) is 2.63. The third-order valence-electron chi connectivity index (χ3n) is 4.75. The molecule has 11 heteroatoms. The standard InChI is InChI=1S/C19H14F5N5O/c1-8-11(17(25)30)7-26-18(27-8)10-4-12(20)16(13(21)5-10)29-14(9-2-3-9)6-15(28-29)19(22,23)24/h4-7,9H,2-3H2,1H3,(H2,25,30). The van der Waals surface area contributed by atoms with Crippen molar-refractivity contribution in [1.82, 2.24) is 19.7 Å². The lowest BCUT2D eigenvalue weighted by Crippen LogP contribution is -2.14. The van der Waals surface area contributed by atoms with Crippen molar-refractivity contribution in [1.29, 1.82) is 0 Å². The van der Waals surface area contributed by atoms with E-state index < -0.39 is 35.1 Å². The number of hydrogen-bond donors (Lipinski definition) is 1. The van der Waals surface area contributed by atoms with E-state index in [-0.39, 0.29) is 34.3 Å². The molecule has 2 N–H and O–H groups in total. The molecule has 0 radical (unpaired) electrons. The van der Waals surface area contributed by atoms with E-state index in [1.54, 1.807) is 0 Å². The van der Waals surface area contributed by atoms with Gasteiger partial charge in [-0.1, -0.05) is 0 Å². The Labute approximate surface area is 166 Å². The van der Waals surface area contributed by atoms with E-state index >= 15 is 0 Å². The molecule has 2 aromatic heterocycles. The van der Waals surface area contributed by atoms with Crippen LogP contribution in [0.1, 0.15) is 46.2 Å². The number of rotatable bonds is 4. The van der Waals surface area contributed by atoms with Gasteiger partial charge >= 0.3 is 6.18 Å². The Morgan fingerprint density at radius 2 is 1.80 bits per heavy atom. The van der Waals surface area contributed by atoms with Gasteiger partial charge in [-0.05, 0) is 38.0 Å². The smallest absolute Gasteiger partial charge is 0.365 e. The zero-order valence-electron chi connectivity index (χ0n) is 15.5. The number of alkyl halides is 3. The Morgan fingerprint density at radius 1 is 1.17 bits per heavy atom. The summed E-state index contributed by atoms with van der Waals surface area (Å²) in [5.74, 6) is -3.30. The predicted molar refractivity (Wildman–Crippen MR) is 94.7 cm³/mol. The molecule has 3 aromatic rings. The van der Waals surface area contributed by atoms with Crippen LogP contribution in [0.5, 0.6) is 0 Å². The maximum absolute atomic E-state index is 14.8. The molecule has 1 aliphatic rings. The molecule has 1 fully saturated rings. The van der Waals surface area contributed by atoms with Crippen molar-refractivity contribution in [3.63, 3.8) is 0 Å². The summed E-state index contributed by atoms with van der Waals surface area (Å²) in [6.07, 6.45) is -2.37. The summed E-state index contributed by atoms with van der Waals surface area (Å²) in [4.78, 5) is 19.2. The van der Waals surface area contributed by atoms with Crippen LogP contribution in [0, 0.1) is 18.6 Å². The molecule has 0 bridgehead atoms. The van der Waals surface area contributed by atoms with Crippen LogP contribution in [0.25, 0.3) is 17.1 Å². The van der Waals surface area contributed by atoms with Crippen molar-refractivity contribution in [2.45, 2.75) is 31.9 Å². The van der Waals surface area contributed by atoms with Gasteiger partial charge in [-0.3, -0.25) is 4.79 Å². The third kappa shape index (κ3) is 3.51. The molecule has 2 heterocycles. The first kappa shape index (κ1) is 19.9. The first-order chi connectivity index (χ1) is 14.1. The molecular weight excluding hydrogens is 409 g/mol. The van der Waals surface area contributed by atoms with Crippen LogP contribution in [-0.2, 0) is 6.18 Å². The molecule has 0 saturated heterocycles. The summed E-state index contributed by atoms with van der Waals surface area (Å²) in [5, 5.41) is 3.41. The van der Waals surface area contributed by atoms with Crippen molar-refractivity contribution >= 4 is 5.91 Å². The number of halogens is 5. The molecule has 1 aliphatic carbocycles. The second-order valence-corrected chi connectivity index (χ2v) is 6.98. The lowest BCUT2D eigenvalue weighted by molar-refractivity contribution is -0.141. The largest absolute Gasteiger partial charge is 0.435 e. The van der Waals surface area contributed by atoms with Gasteiger partial charge in [-0.2, -0.15) is 18.3 Å². The molecule has 1 amide bonds. The highest BCUT2D eigenvalue weighted by Gasteiger charge is 2.39. The molecule has 6 nitrogen and oxygen atoms in total. The van der Waals surface area contributed by atoms with E-state index in [0.717, 1.165) is 24.4 Å². The van der Waals surface area contributed by atoms with Gasteiger partial charge < -0.3 is 5.73 Å². The van der Waals surface area contributed by atoms with Crippen LogP contribution in [0.2, 0.25) is 0 Å². The molecule has 0 spiro atoms. The molecule has 4 rings (SSSR count). The van der Waals surface area contributed by atoms with E-state index in [1.165, 1.54) is 6.92 Å². The number of aryl methyl sites for hydroxylation is 1. The number of aromatic nitrogens is 4. The van der Waals surface area contributed by atoms with E-state index in [1.807, 2.05) is 0 Å². The van der Waals surface area contributed by atoms with Gasteiger partial charge in [-0.25, -0.2) is 23.4 Å². The Balaban J connectivity index is 1.81. The maximum atomic E-state index is 14.8. The summed E-state index contributed by atoms with van der Waals surface area (Å²) in [5.41, 5.74) is 3.59. The second-order valence-electron chi connectivity index (χ2n) is 6.98. The highest BCUT2D eigenvalue weighted by atomic mass is 19.4. The van der Waals surface area contributed by atoms with Gasteiger partial charge in [0.05, 0.1) is 11.3 Å². The van der Waals surface area contributed by atoms with E-state index in [9.17, 15) is 26.7 Å². The zero-order chi connectivity index (χ0) is 21.8. The molecular formula is C19H14F5N5O.